The first-order chi connectivity index (χ1) is 10.6. The van der Waals surface area contributed by atoms with Crippen molar-refractivity contribution in [2.24, 2.45) is 0 Å². The van der Waals surface area contributed by atoms with Crippen molar-refractivity contribution in [3.8, 4) is 5.88 Å². The third-order valence-corrected chi connectivity index (χ3v) is 2.63. The summed E-state index contributed by atoms with van der Waals surface area (Å²) in [6, 6.07) is 5.33. The smallest absolute Gasteiger partial charge is 0.278 e. The average Bonchev–Trinajstić information content (AvgIpc) is 2.50. The van der Waals surface area contributed by atoms with Gasteiger partial charge in [0.05, 0.1) is 12.8 Å². The van der Waals surface area contributed by atoms with Gasteiger partial charge in [-0.05, 0) is 24.3 Å². The number of halogens is 1. The fraction of sp³-hybridized carbons (Fsp3) is 0.214. The Morgan fingerprint density at radius 1 is 1.32 bits per heavy atom. The van der Waals surface area contributed by atoms with Crippen molar-refractivity contribution in [2.45, 2.75) is 0 Å². The lowest BCUT2D eigenvalue weighted by Crippen LogP contribution is -2.17. The molecule has 3 N–H and O–H groups in total. The molecule has 1 aromatic carbocycles. The van der Waals surface area contributed by atoms with E-state index in [-0.39, 0.29) is 17.4 Å². The lowest BCUT2D eigenvalue weighted by molar-refractivity contribution is 0.102. The highest BCUT2D eigenvalue weighted by Gasteiger charge is 2.14. The van der Waals surface area contributed by atoms with Gasteiger partial charge in [0, 0.05) is 12.8 Å². The molecule has 0 fully saturated rings. The van der Waals surface area contributed by atoms with Crippen LogP contribution in [0.3, 0.4) is 0 Å². The molecule has 116 valence electrons. The van der Waals surface area contributed by atoms with Crippen molar-refractivity contribution in [3.63, 3.8) is 0 Å². The van der Waals surface area contributed by atoms with E-state index >= 15 is 0 Å². The molecule has 2 rings (SSSR count). The van der Waals surface area contributed by atoms with Gasteiger partial charge in [-0.1, -0.05) is 0 Å². The van der Waals surface area contributed by atoms with E-state index in [2.05, 4.69) is 15.3 Å². The molecule has 0 aliphatic rings. The predicted molar refractivity (Wildman–Crippen MR) is 78.2 cm³/mol. The Bertz CT molecular complexity index is 649. The van der Waals surface area contributed by atoms with E-state index in [1.165, 1.54) is 30.5 Å². The van der Waals surface area contributed by atoms with Crippen molar-refractivity contribution < 1.29 is 18.7 Å². The quantitative estimate of drug-likeness (QED) is 0.784. The van der Waals surface area contributed by atoms with E-state index < -0.39 is 11.7 Å². The average molecular weight is 306 g/mol. The lowest BCUT2D eigenvalue weighted by atomic mass is 10.3. The fourth-order valence-electron chi connectivity index (χ4n) is 1.58. The number of nitrogen functional groups attached to an aromatic ring is 1. The van der Waals surface area contributed by atoms with E-state index in [0.717, 1.165) is 0 Å². The van der Waals surface area contributed by atoms with Gasteiger partial charge in [0.2, 0.25) is 5.88 Å². The van der Waals surface area contributed by atoms with Gasteiger partial charge in [-0.15, -0.1) is 0 Å². The molecule has 2 aromatic rings. The van der Waals surface area contributed by atoms with E-state index in [9.17, 15) is 9.18 Å². The number of benzene rings is 1. The van der Waals surface area contributed by atoms with Crippen LogP contribution in [0.25, 0.3) is 0 Å². The summed E-state index contributed by atoms with van der Waals surface area (Å²) < 4.78 is 22.9. The number of rotatable bonds is 6. The molecular formula is C14H15FN4O3. The summed E-state index contributed by atoms with van der Waals surface area (Å²) in [5.74, 6) is -0.794. The van der Waals surface area contributed by atoms with Crippen LogP contribution in [-0.4, -0.2) is 36.2 Å². The van der Waals surface area contributed by atoms with Crippen molar-refractivity contribution in [3.05, 3.63) is 42.0 Å². The summed E-state index contributed by atoms with van der Waals surface area (Å²) in [7, 11) is 1.55. The fourth-order valence-corrected chi connectivity index (χ4v) is 1.58. The van der Waals surface area contributed by atoms with Gasteiger partial charge >= 0.3 is 0 Å². The Morgan fingerprint density at radius 2 is 2.05 bits per heavy atom. The Labute approximate surface area is 126 Å². The maximum atomic E-state index is 12.8. The summed E-state index contributed by atoms with van der Waals surface area (Å²) in [5.41, 5.74) is 6.08. The highest BCUT2D eigenvalue weighted by molar-refractivity contribution is 6.05. The molecule has 8 heteroatoms. The monoisotopic (exact) mass is 306 g/mol. The molecule has 1 amide bonds. The van der Waals surface area contributed by atoms with Crippen molar-refractivity contribution in [2.75, 3.05) is 31.4 Å². The third kappa shape index (κ3) is 4.13. The number of nitrogens with zero attached hydrogens (tertiary/aromatic N) is 2. The molecule has 0 saturated carbocycles. The zero-order valence-electron chi connectivity index (χ0n) is 11.9. The second-order valence-electron chi connectivity index (χ2n) is 4.24. The second kappa shape index (κ2) is 7.32. The Morgan fingerprint density at radius 3 is 2.68 bits per heavy atom. The first-order valence-corrected chi connectivity index (χ1v) is 6.41. The minimum absolute atomic E-state index is 0.0385. The first-order valence-electron chi connectivity index (χ1n) is 6.41. The number of amides is 1. The number of nitrogens with one attached hydrogen (secondary N) is 1. The summed E-state index contributed by atoms with van der Waals surface area (Å²) >= 11 is 0. The van der Waals surface area contributed by atoms with Crippen LogP contribution in [0.15, 0.2) is 30.5 Å². The molecule has 0 unspecified atom stereocenters. The van der Waals surface area contributed by atoms with E-state index in [1.54, 1.807) is 7.11 Å². The molecule has 1 aromatic heterocycles. The van der Waals surface area contributed by atoms with Gasteiger partial charge in [0.15, 0.2) is 11.5 Å². The van der Waals surface area contributed by atoms with Crippen LogP contribution < -0.4 is 15.8 Å². The topological polar surface area (TPSA) is 99.4 Å². The van der Waals surface area contributed by atoms with Gasteiger partial charge < -0.3 is 20.5 Å². The zero-order chi connectivity index (χ0) is 15.9. The van der Waals surface area contributed by atoms with Crippen molar-refractivity contribution in [1.82, 2.24) is 9.97 Å². The van der Waals surface area contributed by atoms with Crippen LogP contribution in [0, 0.1) is 5.82 Å². The van der Waals surface area contributed by atoms with Gasteiger partial charge in [-0.25, -0.2) is 9.37 Å². The number of carbonyl (C=O) groups excluding carboxylic acids is 1. The van der Waals surface area contributed by atoms with Crippen LogP contribution in [-0.2, 0) is 4.74 Å². The van der Waals surface area contributed by atoms with E-state index in [0.29, 0.717) is 18.9 Å². The minimum Gasteiger partial charge on any atom is -0.474 e. The predicted octanol–water partition coefficient (Wildman–Crippen LogP) is 1.48. The molecule has 0 radical (unpaired) electrons. The molecule has 0 aliphatic heterocycles. The molecule has 1 heterocycles. The number of carbonyl (C=O) groups is 1. The van der Waals surface area contributed by atoms with Crippen LogP contribution in [0.1, 0.15) is 10.5 Å². The number of anilines is 2. The van der Waals surface area contributed by atoms with E-state index in [4.69, 9.17) is 15.2 Å². The summed E-state index contributed by atoms with van der Waals surface area (Å²) in [6.45, 7) is 0.695. The number of hydrogen-bond acceptors (Lipinski definition) is 6. The normalized spacial score (nSPS) is 10.3. The Kier molecular flexibility index (Phi) is 5.21. The lowest BCUT2D eigenvalue weighted by Gasteiger charge is -2.08. The van der Waals surface area contributed by atoms with Gasteiger partial charge in [0.25, 0.3) is 5.91 Å². The zero-order valence-corrected chi connectivity index (χ0v) is 11.9. The number of methoxy groups -OCH3 is 1. The van der Waals surface area contributed by atoms with Crippen molar-refractivity contribution in [1.29, 1.82) is 0 Å². The molecule has 0 atom stereocenters. The SMILES string of the molecule is COCCOc1cnc(C(=O)Nc2ccc(F)cc2)c(N)n1. The first kappa shape index (κ1) is 15.6. The van der Waals surface area contributed by atoms with Crippen LogP contribution >= 0.6 is 0 Å². The van der Waals surface area contributed by atoms with Gasteiger partial charge in [-0.2, -0.15) is 4.98 Å². The third-order valence-electron chi connectivity index (χ3n) is 2.63. The number of nitrogens with two attached hydrogens (primary N) is 1. The highest BCUT2D eigenvalue weighted by atomic mass is 19.1. The maximum Gasteiger partial charge on any atom is 0.278 e. The van der Waals surface area contributed by atoms with Gasteiger partial charge in [-0.3, -0.25) is 4.79 Å². The standard InChI is InChI=1S/C14H15FN4O3/c1-21-6-7-22-11-8-17-12(13(16)19-11)14(20)18-10-4-2-9(15)3-5-10/h2-5,8H,6-7H2,1H3,(H2,16,19)(H,18,20). The van der Waals surface area contributed by atoms with Crippen molar-refractivity contribution >= 4 is 17.4 Å². The molecule has 0 bridgehead atoms. The highest BCUT2D eigenvalue weighted by Crippen LogP contribution is 2.15. The van der Waals surface area contributed by atoms with Crippen LogP contribution in [0.5, 0.6) is 5.88 Å². The summed E-state index contributed by atoms with van der Waals surface area (Å²) in [5, 5.41) is 2.55. The largest absolute Gasteiger partial charge is 0.474 e. The number of ether oxygens (including phenoxy) is 2. The number of aromatic nitrogens is 2. The molecule has 0 saturated heterocycles. The summed E-state index contributed by atoms with van der Waals surface area (Å²) in [4.78, 5) is 19.9. The van der Waals surface area contributed by atoms with Crippen LogP contribution in [0.2, 0.25) is 0 Å². The minimum atomic E-state index is -0.542. The molecule has 0 spiro atoms. The molecular weight excluding hydrogens is 291 g/mol. The van der Waals surface area contributed by atoms with E-state index in [1.807, 2.05) is 0 Å². The van der Waals surface area contributed by atoms with Gasteiger partial charge in [0.1, 0.15) is 12.4 Å². The second-order valence-corrected chi connectivity index (χ2v) is 4.24. The molecule has 0 aliphatic carbocycles. The maximum absolute atomic E-state index is 12.8. The molecule has 22 heavy (non-hydrogen) atoms. The van der Waals surface area contributed by atoms with Crippen LogP contribution in [0.4, 0.5) is 15.9 Å². The molecule has 7 nitrogen and oxygen atoms in total. The summed E-state index contributed by atoms with van der Waals surface area (Å²) in [6.07, 6.45) is 1.30. The number of hydrogen-bond donors (Lipinski definition) is 2. The Balaban J connectivity index is 2.04. The Hall–Kier alpha value is -2.74.